The van der Waals surface area contributed by atoms with E-state index in [1.807, 2.05) is 0 Å². The Labute approximate surface area is 108 Å². The maximum Gasteiger partial charge on any atom is 0.164 e. The molecule has 0 radical (unpaired) electrons. The highest BCUT2D eigenvalue weighted by Crippen LogP contribution is 2.45. The molecule has 0 unspecified atom stereocenters. The monoisotopic (exact) mass is 247 g/mol. The lowest BCUT2D eigenvalue weighted by Crippen LogP contribution is -2.37. The minimum Gasteiger partial charge on any atom is -0.493 e. The Hall–Kier alpha value is -1.22. The van der Waals surface area contributed by atoms with Crippen molar-refractivity contribution in [2.45, 2.75) is 25.2 Å². The van der Waals surface area contributed by atoms with E-state index in [1.165, 1.54) is 30.5 Å². The van der Waals surface area contributed by atoms with Gasteiger partial charge in [-0.1, -0.05) is 6.07 Å². The van der Waals surface area contributed by atoms with Gasteiger partial charge in [0.25, 0.3) is 0 Å². The summed E-state index contributed by atoms with van der Waals surface area (Å²) in [5, 5.41) is 3.52. The zero-order valence-corrected chi connectivity index (χ0v) is 11.2. The van der Waals surface area contributed by atoms with E-state index in [-0.39, 0.29) is 0 Å². The Kier molecular flexibility index (Phi) is 3.16. The van der Waals surface area contributed by atoms with E-state index in [2.05, 4.69) is 17.4 Å². The predicted octanol–water partition coefficient (Wildman–Crippen LogP) is 2.34. The molecular weight excluding hydrogens is 226 g/mol. The molecule has 0 amide bonds. The molecule has 0 spiro atoms. The van der Waals surface area contributed by atoms with Gasteiger partial charge in [0, 0.05) is 12.1 Å². The van der Waals surface area contributed by atoms with Crippen molar-refractivity contribution in [1.82, 2.24) is 5.32 Å². The van der Waals surface area contributed by atoms with Crippen molar-refractivity contribution < 1.29 is 9.47 Å². The van der Waals surface area contributed by atoms with E-state index in [0.29, 0.717) is 5.92 Å². The zero-order valence-electron chi connectivity index (χ0n) is 11.2. The number of fused-ring (bicyclic) bond motifs is 3. The highest BCUT2D eigenvalue weighted by atomic mass is 16.5. The van der Waals surface area contributed by atoms with Gasteiger partial charge in [-0.05, 0) is 49.3 Å². The zero-order chi connectivity index (χ0) is 12.5. The van der Waals surface area contributed by atoms with E-state index in [0.717, 1.165) is 30.4 Å². The lowest BCUT2D eigenvalue weighted by atomic mass is 9.72. The lowest BCUT2D eigenvalue weighted by Gasteiger charge is -2.38. The van der Waals surface area contributed by atoms with Crippen LogP contribution in [0.4, 0.5) is 0 Å². The Bertz CT molecular complexity index is 444. The average Bonchev–Trinajstić information content (AvgIpc) is 2.45. The van der Waals surface area contributed by atoms with Crippen molar-refractivity contribution in [2.24, 2.45) is 5.92 Å². The fraction of sp³-hybridized carbons (Fsp3) is 0.600. The number of ether oxygens (including phenoxy) is 2. The summed E-state index contributed by atoms with van der Waals surface area (Å²) in [6.45, 7) is 2.27. The SMILES string of the molecule is COc1ccc2c(c1OC)CC[C@H]1CCNC[C@@H]21. The third-order valence-electron chi connectivity index (χ3n) is 4.47. The van der Waals surface area contributed by atoms with Gasteiger partial charge in [0.2, 0.25) is 0 Å². The minimum atomic E-state index is 0.655. The minimum absolute atomic E-state index is 0.655. The largest absolute Gasteiger partial charge is 0.493 e. The summed E-state index contributed by atoms with van der Waals surface area (Å²) >= 11 is 0. The predicted molar refractivity (Wildman–Crippen MR) is 71.6 cm³/mol. The first kappa shape index (κ1) is 11.8. The Morgan fingerprint density at radius 3 is 2.83 bits per heavy atom. The topological polar surface area (TPSA) is 30.5 Å². The molecule has 1 aliphatic carbocycles. The first-order chi connectivity index (χ1) is 8.85. The van der Waals surface area contributed by atoms with Crippen molar-refractivity contribution in [2.75, 3.05) is 27.3 Å². The van der Waals surface area contributed by atoms with E-state index in [1.54, 1.807) is 14.2 Å². The van der Waals surface area contributed by atoms with Crippen LogP contribution in [0, 0.1) is 5.92 Å². The molecule has 98 valence electrons. The highest BCUT2D eigenvalue weighted by molar-refractivity contribution is 5.53. The van der Waals surface area contributed by atoms with Crippen LogP contribution in [0.2, 0.25) is 0 Å². The maximum atomic E-state index is 5.57. The molecule has 0 aromatic heterocycles. The number of hydrogen-bond donors (Lipinski definition) is 1. The van der Waals surface area contributed by atoms with Gasteiger partial charge in [-0.25, -0.2) is 0 Å². The third-order valence-corrected chi connectivity index (χ3v) is 4.47. The number of rotatable bonds is 2. The van der Waals surface area contributed by atoms with Crippen molar-refractivity contribution in [3.8, 4) is 11.5 Å². The molecule has 1 aliphatic heterocycles. The summed E-state index contributed by atoms with van der Waals surface area (Å²) in [5.74, 6) is 3.30. The first-order valence-corrected chi connectivity index (χ1v) is 6.79. The fourth-order valence-electron chi connectivity index (χ4n) is 3.56. The van der Waals surface area contributed by atoms with Crippen LogP contribution < -0.4 is 14.8 Å². The molecule has 2 atom stereocenters. The van der Waals surface area contributed by atoms with Crippen molar-refractivity contribution in [1.29, 1.82) is 0 Å². The molecule has 1 N–H and O–H groups in total. The van der Waals surface area contributed by atoms with Crippen LogP contribution in [0.1, 0.15) is 29.9 Å². The maximum absolute atomic E-state index is 5.57. The summed E-state index contributed by atoms with van der Waals surface area (Å²) in [6.07, 6.45) is 3.71. The van der Waals surface area contributed by atoms with Gasteiger partial charge in [-0.2, -0.15) is 0 Å². The Balaban J connectivity index is 2.04. The van der Waals surface area contributed by atoms with Gasteiger partial charge in [0.15, 0.2) is 11.5 Å². The number of benzene rings is 1. The van der Waals surface area contributed by atoms with Gasteiger partial charge in [0.05, 0.1) is 14.2 Å². The highest BCUT2D eigenvalue weighted by Gasteiger charge is 2.33. The molecule has 1 aromatic rings. The van der Waals surface area contributed by atoms with E-state index in [9.17, 15) is 0 Å². The van der Waals surface area contributed by atoms with Gasteiger partial charge >= 0.3 is 0 Å². The first-order valence-electron chi connectivity index (χ1n) is 6.79. The second-order valence-corrected chi connectivity index (χ2v) is 5.27. The molecule has 1 saturated heterocycles. The Morgan fingerprint density at radius 1 is 1.17 bits per heavy atom. The van der Waals surface area contributed by atoms with Crippen LogP contribution in [-0.4, -0.2) is 27.3 Å². The van der Waals surface area contributed by atoms with Gasteiger partial charge in [-0.15, -0.1) is 0 Å². The molecule has 3 heteroatoms. The second kappa shape index (κ2) is 4.81. The van der Waals surface area contributed by atoms with Crippen LogP contribution in [0.25, 0.3) is 0 Å². The average molecular weight is 247 g/mol. The van der Waals surface area contributed by atoms with Crippen molar-refractivity contribution in [3.05, 3.63) is 23.3 Å². The van der Waals surface area contributed by atoms with E-state index in [4.69, 9.17) is 9.47 Å². The molecule has 1 fully saturated rings. The van der Waals surface area contributed by atoms with Crippen LogP contribution in [-0.2, 0) is 6.42 Å². The third kappa shape index (κ3) is 1.77. The Morgan fingerprint density at radius 2 is 2.06 bits per heavy atom. The van der Waals surface area contributed by atoms with Crippen LogP contribution in [0.5, 0.6) is 11.5 Å². The lowest BCUT2D eigenvalue weighted by molar-refractivity contribution is 0.283. The summed E-state index contributed by atoms with van der Waals surface area (Å²) in [5.41, 5.74) is 2.83. The molecule has 1 heterocycles. The number of piperidine rings is 1. The van der Waals surface area contributed by atoms with Crippen molar-refractivity contribution >= 4 is 0 Å². The van der Waals surface area contributed by atoms with Gasteiger partial charge < -0.3 is 14.8 Å². The van der Waals surface area contributed by atoms with E-state index < -0.39 is 0 Å². The van der Waals surface area contributed by atoms with Gasteiger partial charge in [-0.3, -0.25) is 0 Å². The number of methoxy groups -OCH3 is 2. The summed E-state index contributed by atoms with van der Waals surface area (Å²) in [4.78, 5) is 0. The number of hydrogen-bond acceptors (Lipinski definition) is 3. The van der Waals surface area contributed by atoms with Crippen LogP contribution >= 0.6 is 0 Å². The molecule has 1 aromatic carbocycles. The molecule has 3 nitrogen and oxygen atoms in total. The van der Waals surface area contributed by atoms with Crippen molar-refractivity contribution in [3.63, 3.8) is 0 Å². The molecule has 0 saturated carbocycles. The molecule has 18 heavy (non-hydrogen) atoms. The smallest absolute Gasteiger partial charge is 0.164 e. The second-order valence-electron chi connectivity index (χ2n) is 5.27. The van der Waals surface area contributed by atoms with Gasteiger partial charge in [0.1, 0.15) is 0 Å². The summed E-state index contributed by atoms with van der Waals surface area (Å²) < 4.78 is 11.0. The standard InChI is InChI=1S/C15H21NO2/c1-17-14-6-5-11-12(15(14)18-2)4-3-10-7-8-16-9-13(10)11/h5-6,10,13,16H,3-4,7-9H2,1-2H3/t10-,13+/m0/s1. The molecule has 0 bridgehead atoms. The van der Waals surface area contributed by atoms with E-state index >= 15 is 0 Å². The van der Waals surface area contributed by atoms with Crippen LogP contribution in [0.3, 0.4) is 0 Å². The quantitative estimate of drug-likeness (QED) is 0.870. The number of nitrogens with one attached hydrogen (secondary N) is 1. The summed E-state index contributed by atoms with van der Waals surface area (Å²) in [7, 11) is 3.45. The molecule has 2 aliphatic rings. The fourth-order valence-corrected chi connectivity index (χ4v) is 3.56. The summed E-state index contributed by atoms with van der Waals surface area (Å²) in [6, 6.07) is 4.29. The van der Waals surface area contributed by atoms with Crippen LogP contribution in [0.15, 0.2) is 12.1 Å². The normalized spacial score (nSPS) is 26.1. The molecule has 3 rings (SSSR count). The molecular formula is C15H21NO2.